The molecule has 0 saturated heterocycles. The quantitative estimate of drug-likeness (QED) is 0.776. The van der Waals surface area contributed by atoms with Crippen LogP contribution in [0.1, 0.15) is 34.5 Å². The Kier molecular flexibility index (Phi) is 3.65. The Morgan fingerprint density at radius 1 is 1.00 bits per heavy atom. The standard InChI is InChI=1S/C20H19N3O/c1-14-8-5-6-11-16(14)21-20-19-17(12-7-13-18(19)24)23(22-20)15-9-3-2-4-10-15/h2-6,8-11H,7,12-13H2,1H3,(H,21,22). The molecule has 4 heteroatoms. The minimum Gasteiger partial charge on any atom is -0.338 e. The van der Waals surface area contributed by atoms with Gasteiger partial charge < -0.3 is 5.32 Å². The average molecular weight is 317 g/mol. The maximum absolute atomic E-state index is 12.5. The van der Waals surface area contributed by atoms with Crippen molar-refractivity contribution in [2.75, 3.05) is 5.32 Å². The first-order chi connectivity index (χ1) is 11.7. The van der Waals surface area contributed by atoms with Gasteiger partial charge in [0.15, 0.2) is 11.6 Å². The number of nitrogens with zero attached hydrogens (tertiary/aromatic N) is 2. The number of benzene rings is 2. The summed E-state index contributed by atoms with van der Waals surface area (Å²) in [5, 5.41) is 8.10. The maximum Gasteiger partial charge on any atom is 0.168 e. The maximum atomic E-state index is 12.5. The minimum absolute atomic E-state index is 0.175. The molecule has 120 valence electrons. The van der Waals surface area contributed by atoms with E-state index >= 15 is 0 Å². The zero-order chi connectivity index (χ0) is 16.5. The number of carbonyl (C=O) groups excluding carboxylic acids is 1. The first kappa shape index (κ1) is 14.7. The Bertz CT molecular complexity index is 897. The number of aryl methyl sites for hydroxylation is 1. The van der Waals surface area contributed by atoms with Crippen LogP contribution in [-0.2, 0) is 6.42 Å². The number of anilines is 2. The van der Waals surface area contributed by atoms with E-state index < -0.39 is 0 Å². The largest absolute Gasteiger partial charge is 0.338 e. The number of hydrogen-bond donors (Lipinski definition) is 1. The number of nitrogens with one attached hydrogen (secondary N) is 1. The van der Waals surface area contributed by atoms with E-state index in [0.29, 0.717) is 12.2 Å². The molecule has 0 spiro atoms. The predicted octanol–water partition coefficient (Wildman–Crippen LogP) is 4.44. The molecule has 24 heavy (non-hydrogen) atoms. The smallest absolute Gasteiger partial charge is 0.168 e. The van der Waals surface area contributed by atoms with E-state index in [1.807, 2.05) is 66.2 Å². The van der Waals surface area contributed by atoms with Crippen LogP contribution in [0.25, 0.3) is 5.69 Å². The molecule has 0 fully saturated rings. The van der Waals surface area contributed by atoms with Gasteiger partial charge in [0.25, 0.3) is 0 Å². The minimum atomic E-state index is 0.175. The first-order valence-corrected chi connectivity index (χ1v) is 8.27. The predicted molar refractivity (Wildman–Crippen MR) is 95.3 cm³/mol. The highest BCUT2D eigenvalue weighted by Gasteiger charge is 2.27. The number of carbonyl (C=O) groups is 1. The topological polar surface area (TPSA) is 46.9 Å². The molecule has 0 bridgehead atoms. The van der Waals surface area contributed by atoms with Gasteiger partial charge in [0, 0.05) is 12.1 Å². The summed E-state index contributed by atoms with van der Waals surface area (Å²) in [7, 11) is 0. The van der Waals surface area contributed by atoms with Crippen molar-refractivity contribution in [1.29, 1.82) is 0 Å². The Morgan fingerprint density at radius 2 is 1.75 bits per heavy atom. The summed E-state index contributed by atoms with van der Waals surface area (Å²) in [6.45, 7) is 2.05. The van der Waals surface area contributed by atoms with Gasteiger partial charge >= 0.3 is 0 Å². The summed E-state index contributed by atoms with van der Waals surface area (Å²) in [6.07, 6.45) is 2.35. The van der Waals surface area contributed by atoms with Crippen molar-refractivity contribution in [2.45, 2.75) is 26.2 Å². The number of hydrogen-bond acceptors (Lipinski definition) is 3. The SMILES string of the molecule is Cc1ccccc1Nc1nn(-c2ccccc2)c2c1C(=O)CCC2. The molecular formula is C20H19N3O. The van der Waals surface area contributed by atoms with E-state index in [1.54, 1.807) is 0 Å². The zero-order valence-electron chi connectivity index (χ0n) is 13.6. The molecule has 4 nitrogen and oxygen atoms in total. The van der Waals surface area contributed by atoms with Gasteiger partial charge in [-0.25, -0.2) is 4.68 Å². The van der Waals surface area contributed by atoms with Gasteiger partial charge in [0.1, 0.15) is 0 Å². The molecule has 0 atom stereocenters. The Hall–Kier alpha value is -2.88. The molecule has 1 aliphatic carbocycles. The molecule has 1 N–H and O–H groups in total. The second-order valence-electron chi connectivity index (χ2n) is 6.13. The highest BCUT2D eigenvalue weighted by molar-refractivity contribution is 6.03. The van der Waals surface area contributed by atoms with Crippen molar-refractivity contribution in [1.82, 2.24) is 9.78 Å². The molecule has 0 amide bonds. The van der Waals surface area contributed by atoms with Crippen LogP contribution in [0.2, 0.25) is 0 Å². The van der Waals surface area contributed by atoms with E-state index in [1.165, 1.54) is 0 Å². The number of ketones is 1. The van der Waals surface area contributed by atoms with E-state index in [-0.39, 0.29) is 5.78 Å². The van der Waals surface area contributed by atoms with Crippen molar-refractivity contribution in [3.05, 3.63) is 71.4 Å². The van der Waals surface area contributed by atoms with Crippen molar-refractivity contribution < 1.29 is 4.79 Å². The molecule has 1 aromatic heterocycles. The number of fused-ring (bicyclic) bond motifs is 1. The van der Waals surface area contributed by atoms with Crippen LogP contribution in [0.5, 0.6) is 0 Å². The van der Waals surface area contributed by atoms with Crippen LogP contribution in [0, 0.1) is 6.92 Å². The summed E-state index contributed by atoms with van der Waals surface area (Å²) in [5.41, 5.74) is 4.85. The second kappa shape index (κ2) is 5.96. The molecule has 0 aliphatic heterocycles. The van der Waals surface area contributed by atoms with Crippen LogP contribution >= 0.6 is 0 Å². The van der Waals surface area contributed by atoms with E-state index in [4.69, 9.17) is 5.10 Å². The van der Waals surface area contributed by atoms with Gasteiger partial charge in [-0.1, -0.05) is 36.4 Å². The van der Waals surface area contributed by atoms with Crippen LogP contribution in [0.4, 0.5) is 11.5 Å². The average Bonchev–Trinajstić information content (AvgIpc) is 2.98. The number of rotatable bonds is 3. The van der Waals surface area contributed by atoms with Gasteiger partial charge in [-0.3, -0.25) is 4.79 Å². The van der Waals surface area contributed by atoms with Crippen molar-refractivity contribution in [3.8, 4) is 5.69 Å². The second-order valence-corrected chi connectivity index (χ2v) is 6.13. The summed E-state index contributed by atoms with van der Waals surface area (Å²) in [6, 6.07) is 18.0. The van der Waals surface area contributed by atoms with Gasteiger partial charge in [0.05, 0.1) is 16.9 Å². The summed E-state index contributed by atoms with van der Waals surface area (Å²) in [4.78, 5) is 12.5. The van der Waals surface area contributed by atoms with Crippen LogP contribution in [-0.4, -0.2) is 15.6 Å². The Labute approximate surface area is 141 Å². The van der Waals surface area contributed by atoms with Crippen molar-refractivity contribution in [2.24, 2.45) is 0 Å². The van der Waals surface area contributed by atoms with E-state index in [9.17, 15) is 4.79 Å². The third kappa shape index (κ3) is 2.50. The van der Waals surface area contributed by atoms with Gasteiger partial charge in [-0.05, 0) is 43.5 Å². The molecule has 2 aromatic carbocycles. The lowest BCUT2D eigenvalue weighted by Crippen LogP contribution is -2.13. The molecule has 3 aromatic rings. The lowest BCUT2D eigenvalue weighted by molar-refractivity contribution is 0.0973. The van der Waals surface area contributed by atoms with Gasteiger partial charge in [0.2, 0.25) is 0 Å². The monoisotopic (exact) mass is 317 g/mol. The van der Waals surface area contributed by atoms with E-state index in [2.05, 4.69) is 5.32 Å². The number of para-hydroxylation sites is 2. The molecule has 0 unspecified atom stereocenters. The van der Waals surface area contributed by atoms with Crippen molar-refractivity contribution in [3.63, 3.8) is 0 Å². The lowest BCUT2D eigenvalue weighted by atomic mass is 9.95. The fourth-order valence-electron chi connectivity index (χ4n) is 3.23. The third-order valence-electron chi connectivity index (χ3n) is 4.48. The van der Waals surface area contributed by atoms with Crippen molar-refractivity contribution >= 4 is 17.3 Å². The Balaban J connectivity index is 1.84. The van der Waals surface area contributed by atoms with E-state index in [0.717, 1.165) is 41.0 Å². The van der Waals surface area contributed by atoms with Gasteiger partial charge in [-0.2, -0.15) is 0 Å². The highest BCUT2D eigenvalue weighted by Crippen LogP contribution is 2.32. The lowest BCUT2D eigenvalue weighted by Gasteiger charge is -2.13. The number of Topliss-reactive ketones (excluding diaryl/α,β-unsaturated/α-hetero) is 1. The van der Waals surface area contributed by atoms with Crippen LogP contribution in [0.3, 0.4) is 0 Å². The molecule has 1 aliphatic rings. The fraction of sp³-hybridized carbons (Fsp3) is 0.200. The summed E-state index contributed by atoms with van der Waals surface area (Å²) < 4.78 is 1.91. The first-order valence-electron chi connectivity index (χ1n) is 8.27. The molecule has 0 radical (unpaired) electrons. The fourth-order valence-corrected chi connectivity index (χ4v) is 3.23. The normalized spacial score (nSPS) is 13.6. The highest BCUT2D eigenvalue weighted by atomic mass is 16.1. The summed E-state index contributed by atoms with van der Waals surface area (Å²) in [5.74, 6) is 0.836. The molecule has 1 heterocycles. The summed E-state index contributed by atoms with van der Waals surface area (Å²) >= 11 is 0. The van der Waals surface area contributed by atoms with Gasteiger partial charge in [-0.15, -0.1) is 5.10 Å². The van der Waals surface area contributed by atoms with Crippen LogP contribution in [0.15, 0.2) is 54.6 Å². The number of aromatic nitrogens is 2. The van der Waals surface area contributed by atoms with Crippen LogP contribution < -0.4 is 5.32 Å². The molecule has 0 saturated carbocycles. The zero-order valence-corrected chi connectivity index (χ0v) is 13.6. The molecule has 4 rings (SSSR count). The third-order valence-corrected chi connectivity index (χ3v) is 4.48. The molecular weight excluding hydrogens is 298 g/mol. The Morgan fingerprint density at radius 3 is 2.54 bits per heavy atom.